The van der Waals surface area contributed by atoms with Crippen LogP contribution in [0.5, 0.6) is 5.88 Å². The van der Waals surface area contributed by atoms with E-state index >= 15 is 0 Å². The van der Waals surface area contributed by atoms with Crippen LogP contribution < -0.4 is 4.74 Å². The molecule has 0 aliphatic carbocycles. The highest BCUT2D eigenvalue weighted by molar-refractivity contribution is 5.76. The number of hydrogen-bond acceptors (Lipinski definition) is 5. The number of nitrogens with zero attached hydrogens (tertiary/aromatic N) is 5. The van der Waals surface area contributed by atoms with Crippen molar-refractivity contribution >= 4 is 5.91 Å². The number of likely N-dealkylation sites (tertiary alicyclic amines) is 1. The van der Waals surface area contributed by atoms with Gasteiger partial charge < -0.3 is 9.64 Å². The molecule has 0 N–H and O–H groups in total. The molecule has 0 saturated carbocycles. The third-order valence-corrected chi connectivity index (χ3v) is 3.82. The molecule has 0 bridgehead atoms. The minimum absolute atomic E-state index is 0.0287. The summed E-state index contributed by atoms with van der Waals surface area (Å²) in [6.45, 7) is 5.39. The summed E-state index contributed by atoms with van der Waals surface area (Å²) in [6.07, 6.45) is 5.29. The SMILES string of the molecule is Cc1cc(OC2CCCN(C(=O)Cn3cccn3)C2)nc(C)n1. The van der Waals surface area contributed by atoms with E-state index in [0.29, 0.717) is 18.2 Å². The zero-order chi connectivity index (χ0) is 16.2. The fraction of sp³-hybridized carbons (Fsp3) is 0.500. The summed E-state index contributed by atoms with van der Waals surface area (Å²) in [7, 11) is 0. The van der Waals surface area contributed by atoms with Gasteiger partial charge in [-0.1, -0.05) is 0 Å². The maximum absolute atomic E-state index is 12.4. The van der Waals surface area contributed by atoms with Crippen molar-refractivity contribution < 1.29 is 9.53 Å². The van der Waals surface area contributed by atoms with Crippen molar-refractivity contribution in [1.82, 2.24) is 24.6 Å². The molecule has 0 radical (unpaired) electrons. The average Bonchev–Trinajstić information content (AvgIpc) is 2.99. The quantitative estimate of drug-likeness (QED) is 0.852. The first-order valence-corrected chi connectivity index (χ1v) is 7.84. The molecule has 2 aromatic heterocycles. The molecule has 1 atom stereocenters. The molecular weight excluding hydrogens is 294 g/mol. The number of carbonyl (C=O) groups is 1. The Morgan fingerprint density at radius 2 is 2.26 bits per heavy atom. The number of amides is 1. The highest BCUT2D eigenvalue weighted by Gasteiger charge is 2.25. The Balaban J connectivity index is 1.60. The van der Waals surface area contributed by atoms with E-state index in [-0.39, 0.29) is 18.6 Å². The van der Waals surface area contributed by atoms with Crippen LogP contribution in [0.25, 0.3) is 0 Å². The van der Waals surface area contributed by atoms with Crippen LogP contribution in [0, 0.1) is 13.8 Å². The Morgan fingerprint density at radius 3 is 3.00 bits per heavy atom. The number of hydrogen-bond donors (Lipinski definition) is 0. The largest absolute Gasteiger partial charge is 0.472 e. The highest BCUT2D eigenvalue weighted by Crippen LogP contribution is 2.18. The number of rotatable bonds is 4. The van der Waals surface area contributed by atoms with Gasteiger partial charge in [0.05, 0.1) is 6.54 Å². The molecule has 7 nitrogen and oxygen atoms in total. The van der Waals surface area contributed by atoms with E-state index in [1.165, 1.54) is 0 Å². The average molecular weight is 315 g/mol. The Bertz CT molecular complexity index is 651. The molecule has 3 rings (SSSR count). The molecule has 3 heterocycles. The molecule has 1 unspecified atom stereocenters. The lowest BCUT2D eigenvalue weighted by atomic mass is 10.1. The maximum Gasteiger partial charge on any atom is 0.244 e. The van der Waals surface area contributed by atoms with Gasteiger partial charge in [0.1, 0.15) is 18.5 Å². The third kappa shape index (κ3) is 4.06. The standard InChI is InChI=1S/C16H21N5O2/c1-12-9-15(19-13(2)18-12)23-14-5-3-7-20(10-14)16(22)11-21-8-4-6-17-21/h4,6,8-9,14H,3,5,7,10-11H2,1-2H3. The Hall–Kier alpha value is -2.44. The summed E-state index contributed by atoms with van der Waals surface area (Å²) in [4.78, 5) is 22.8. The molecule has 23 heavy (non-hydrogen) atoms. The lowest BCUT2D eigenvalue weighted by Gasteiger charge is -2.32. The van der Waals surface area contributed by atoms with Crippen LogP contribution in [0.1, 0.15) is 24.4 Å². The minimum atomic E-state index is -0.0287. The summed E-state index contributed by atoms with van der Waals surface area (Å²) in [6, 6.07) is 3.65. The van der Waals surface area contributed by atoms with Crippen molar-refractivity contribution in [2.75, 3.05) is 13.1 Å². The second-order valence-electron chi connectivity index (χ2n) is 5.82. The lowest BCUT2D eigenvalue weighted by molar-refractivity contribution is -0.134. The van der Waals surface area contributed by atoms with Crippen molar-refractivity contribution in [3.05, 3.63) is 36.0 Å². The summed E-state index contributed by atoms with van der Waals surface area (Å²) >= 11 is 0. The van der Waals surface area contributed by atoms with Gasteiger partial charge in [-0.05, 0) is 32.8 Å². The van der Waals surface area contributed by atoms with Gasteiger partial charge in [0, 0.05) is 30.7 Å². The van der Waals surface area contributed by atoms with Gasteiger partial charge in [0.25, 0.3) is 0 Å². The van der Waals surface area contributed by atoms with Crippen molar-refractivity contribution in [3.8, 4) is 5.88 Å². The van der Waals surface area contributed by atoms with Crippen molar-refractivity contribution in [2.24, 2.45) is 0 Å². The van der Waals surface area contributed by atoms with Gasteiger partial charge >= 0.3 is 0 Å². The van der Waals surface area contributed by atoms with E-state index in [1.54, 1.807) is 17.1 Å². The normalized spacial score (nSPS) is 18.0. The van der Waals surface area contributed by atoms with Gasteiger partial charge in [-0.15, -0.1) is 0 Å². The molecule has 0 aromatic carbocycles. The van der Waals surface area contributed by atoms with Crippen LogP contribution in [-0.2, 0) is 11.3 Å². The number of ether oxygens (including phenoxy) is 1. The van der Waals surface area contributed by atoms with Gasteiger partial charge in [0.2, 0.25) is 11.8 Å². The van der Waals surface area contributed by atoms with Crippen molar-refractivity contribution in [3.63, 3.8) is 0 Å². The molecular formula is C16H21N5O2. The van der Waals surface area contributed by atoms with Crippen LogP contribution in [-0.4, -0.2) is 49.7 Å². The fourth-order valence-corrected chi connectivity index (χ4v) is 2.81. The summed E-state index contributed by atoms with van der Waals surface area (Å²) in [5.41, 5.74) is 0.884. The Morgan fingerprint density at radius 1 is 1.39 bits per heavy atom. The number of aromatic nitrogens is 4. The molecule has 1 aliphatic heterocycles. The zero-order valence-corrected chi connectivity index (χ0v) is 13.5. The van der Waals surface area contributed by atoms with E-state index in [4.69, 9.17) is 4.74 Å². The predicted octanol–water partition coefficient (Wildman–Crippen LogP) is 1.36. The number of aryl methyl sites for hydroxylation is 2. The van der Waals surface area contributed by atoms with Crippen LogP contribution >= 0.6 is 0 Å². The van der Waals surface area contributed by atoms with Crippen LogP contribution in [0.3, 0.4) is 0 Å². The van der Waals surface area contributed by atoms with Gasteiger partial charge in [0.15, 0.2) is 0 Å². The molecule has 2 aromatic rings. The first-order valence-electron chi connectivity index (χ1n) is 7.84. The third-order valence-electron chi connectivity index (χ3n) is 3.82. The first kappa shape index (κ1) is 15.5. The summed E-state index contributed by atoms with van der Waals surface area (Å²) in [5, 5.41) is 4.08. The Labute approximate surface area is 135 Å². The maximum atomic E-state index is 12.4. The monoisotopic (exact) mass is 315 g/mol. The smallest absolute Gasteiger partial charge is 0.244 e. The predicted molar refractivity (Wildman–Crippen MR) is 84.0 cm³/mol. The van der Waals surface area contributed by atoms with Gasteiger partial charge in [-0.2, -0.15) is 10.1 Å². The fourth-order valence-electron chi connectivity index (χ4n) is 2.81. The molecule has 1 fully saturated rings. The number of carbonyl (C=O) groups excluding carboxylic acids is 1. The topological polar surface area (TPSA) is 73.1 Å². The summed E-state index contributed by atoms with van der Waals surface area (Å²) in [5.74, 6) is 1.35. The van der Waals surface area contributed by atoms with Gasteiger partial charge in [-0.25, -0.2) is 4.98 Å². The second-order valence-corrected chi connectivity index (χ2v) is 5.82. The van der Waals surface area contributed by atoms with Crippen LogP contribution in [0.15, 0.2) is 24.5 Å². The molecule has 1 aliphatic rings. The second kappa shape index (κ2) is 6.76. The van der Waals surface area contributed by atoms with Crippen LogP contribution in [0.4, 0.5) is 0 Å². The number of piperidine rings is 1. The van der Waals surface area contributed by atoms with Crippen molar-refractivity contribution in [2.45, 2.75) is 39.3 Å². The van der Waals surface area contributed by atoms with Crippen LogP contribution in [0.2, 0.25) is 0 Å². The van der Waals surface area contributed by atoms with Crippen molar-refractivity contribution in [1.29, 1.82) is 0 Å². The van der Waals surface area contributed by atoms with E-state index in [0.717, 1.165) is 25.1 Å². The zero-order valence-electron chi connectivity index (χ0n) is 13.5. The minimum Gasteiger partial charge on any atom is -0.472 e. The first-order chi connectivity index (χ1) is 11.1. The van der Waals surface area contributed by atoms with E-state index < -0.39 is 0 Å². The molecule has 0 spiro atoms. The Kier molecular flexibility index (Phi) is 4.55. The highest BCUT2D eigenvalue weighted by atomic mass is 16.5. The molecule has 1 saturated heterocycles. The molecule has 7 heteroatoms. The summed E-state index contributed by atoms with van der Waals surface area (Å²) < 4.78 is 7.61. The van der Waals surface area contributed by atoms with E-state index in [9.17, 15) is 4.79 Å². The van der Waals surface area contributed by atoms with E-state index in [2.05, 4.69) is 15.1 Å². The molecule has 122 valence electrons. The van der Waals surface area contributed by atoms with E-state index in [1.807, 2.05) is 30.9 Å². The van der Waals surface area contributed by atoms with Gasteiger partial charge in [-0.3, -0.25) is 9.48 Å². The lowest BCUT2D eigenvalue weighted by Crippen LogP contribution is -2.45. The molecule has 1 amide bonds.